The van der Waals surface area contributed by atoms with Gasteiger partial charge in [0, 0.05) is 43.3 Å². The molecule has 0 spiro atoms. The Bertz CT molecular complexity index is 959. The van der Waals surface area contributed by atoms with Crippen molar-refractivity contribution >= 4 is 11.9 Å². The second-order valence-electron chi connectivity index (χ2n) is 7.50. The van der Waals surface area contributed by atoms with E-state index in [4.69, 9.17) is 0 Å². The van der Waals surface area contributed by atoms with Crippen molar-refractivity contribution in [3.63, 3.8) is 0 Å². The summed E-state index contributed by atoms with van der Waals surface area (Å²) < 4.78 is 0. The van der Waals surface area contributed by atoms with Crippen LogP contribution < -0.4 is 16.0 Å². The van der Waals surface area contributed by atoms with Crippen LogP contribution in [0.3, 0.4) is 0 Å². The fourth-order valence-electron chi connectivity index (χ4n) is 3.24. The minimum atomic E-state index is -1.03. The van der Waals surface area contributed by atoms with Crippen LogP contribution in [0.4, 0.5) is 0 Å². The first-order valence-corrected chi connectivity index (χ1v) is 10.7. The van der Waals surface area contributed by atoms with Gasteiger partial charge in [-0.2, -0.15) is 0 Å². The van der Waals surface area contributed by atoms with Crippen LogP contribution in [-0.4, -0.2) is 39.5 Å². The summed E-state index contributed by atoms with van der Waals surface area (Å²) >= 11 is 0. The van der Waals surface area contributed by atoms with Crippen LogP contribution in [0.2, 0.25) is 0 Å². The molecule has 0 unspecified atom stereocenters. The first kappa shape index (κ1) is 23.2. The summed E-state index contributed by atoms with van der Waals surface area (Å²) in [5.41, 5.74) is 3.50. The maximum atomic E-state index is 12.5. The minimum absolute atomic E-state index is 0.355. The number of hydrogen-bond donors (Lipinski definition) is 5. The zero-order chi connectivity index (χ0) is 22.6. The second-order valence-corrected chi connectivity index (χ2v) is 7.50. The number of nitrogens with zero attached hydrogens (tertiary/aromatic N) is 1. The van der Waals surface area contributed by atoms with Crippen LogP contribution in [-0.2, 0) is 24.4 Å². The van der Waals surface area contributed by atoms with Crippen LogP contribution >= 0.6 is 0 Å². The Morgan fingerprint density at radius 3 is 2.50 bits per heavy atom. The largest absolute Gasteiger partial charge is 0.480 e. The number of carbonyl (C=O) groups excluding carboxylic acids is 1. The molecule has 2 aromatic heterocycles. The first-order valence-electron chi connectivity index (χ1n) is 10.7. The van der Waals surface area contributed by atoms with E-state index in [1.54, 1.807) is 18.3 Å². The van der Waals surface area contributed by atoms with Gasteiger partial charge in [-0.3, -0.25) is 9.78 Å². The predicted octanol–water partition coefficient (Wildman–Crippen LogP) is 2.45. The van der Waals surface area contributed by atoms with Gasteiger partial charge in [0.2, 0.25) is 0 Å². The molecule has 1 atom stereocenters. The molecule has 0 bridgehead atoms. The zero-order valence-corrected chi connectivity index (χ0v) is 17.9. The summed E-state index contributed by atoms with van der Waals surface area (Å²) in [6, 6.07) is 15.9. The molecule has 0 saturated carbocycles. The van der Waals surface area contributed by atoms with Crippen LogP contribution in [0.15, 0.2) is 67.0 Å². The van der Waals surface area contributed by atoms with E-state index in [9.17, 15) is 14.7 Å². The van der Waals surface area contributed by atoms with E-state index in [0.717, 1.165) is 17.0 Å². The van der Waals surface area contributed by atoms with Gasteiger partial charge in [0.25, 0.3) is 5.91 Å². The molecule has 0 radical (unpaired) electrons. The number of carboxylic acid groups (broad SMARTS) is 1. The van der Waals surface area contributed by atoms with Crippen molar-refractivity contribution in [3.8, 4) is 0 Å². The van der Waals surface area contributed by atoms with E-state index in [2.05, 4.69) is 25.9 Å². The normalized spacial score (nSPS) is 11.8. The third-order valence-corrected chi connectivity index (χ3v) is 5.01. The molecule has 1 amide bonds. The standard InChI is InChI=1S/C24H29N5O3/c30-23(29-22(24(31)32)7-4-12-25-16-21-6-3-14-28-21)19-10-8-18(9-11-19)15-26-17-20-5-1-2-13-27-20/h1-3,5-6,8-11,13-14,22,25-26,28H,4,7,12,15-17H2,(H,29,30)(H,31,32)/t22-/m0/s1. The number of nitrogens with one attached hydrogen (secondary N) is 4. The minimum Gasteiger partial charge on any atom is -0.480 e. The second kappa shape index (κ2) is 12.4. The zero-order valence-electron chi connectivity index (χ0n) is 17.9. The van der Waals surface area contributed by atoms with Crippen molar-refractivity contribution in [1.29, 1.82) is 0 Å². The molecule has 1 aromatic carbocycles. The van der Waals surface area contributed by atoms with Crippen molar-refractivity contribution in [1.82, 2.24) is 25.9 Å². The SMILES string of the molecule is O=C(N[C@@H](CCCNCc1ccc[nH]1)C(=O)O)c1ccc(CNCc2ccccn2)cc1. The fraction of sp³-hybridized carbons (Fsp3) is 0.292. The summed E-state index contributed by atoms with van der Waals surface area (Å²) in [5.74, 6) is -1.41. The van der Waals surface area contributed by atoms with Crippen molar-refractivity contribution in [3.05, 3.63) is 89.5 Å². The molecule has 32 heavy (non-hydrogen) atoms. The summed E-state index contributed by atoms with van der Waals surface area (Å²) in [6.45, 7) is 2.66. The monoisotopic (exact) mass is 435 g/mol. The number of aliphatic carboxylic acids is 1. The molecule has 0 saturated heterocycles. The molecule has 0 fully saturated rings. The number of benzene rings is 1. The van der Waals surface area contributed by atoms with Gasteiger partial charge in [0.05, 0.1) is 5.69 Å². The number of rotatable bonds is 13. The maximum absolute atomic E-state index is 12.5. The van der Waals surface area contributed by atoms with Crippen molar-refractivity contribution < 1.29 is 14.7 Å². The highest BCUT2D eigenvalue weighted by Gasteiger charge is 2.20. The lowest BCUT2D eigenvalue weighted by Gasteiger charge is -2.15. The van der Waals surface area contributed by atoms with E-state index in [1.165, 1.54) is 0 Å². The smallest absolute Gasteiger partial charge is 0.326 e. The Kier molecular flexibility index (Phi) is 8.97. The van der Waals surface area contributed by atoms with E-state index < -0.39 is 12.0 Å². The topological polar surface area (TPSA) is 119 Å². The predicted molar refractivity (Wildman–Crippen MR) is 122 cm³/mol. The molecule has 168 valence electrons. The summed E-state index contributed by atoms with van der Waals surface area (Å²) in [4.78, 5) is 31.4. The number of aromatic amines is 1. The quantitative estimate of drug-likeness (QED) is 0.263. The number of amides is 1. The third-order valence-electron chi connectivity index (χ3n) is 5.01. The molecular formula is C24H29N5O3. The van der Waals surface area contributed by atoms with Crippen LogP contribution in [0.5, 0.6) is 0 Å². The average Bonchev–Trinajstić information content (AvgIpc) is 3.32. The Morgan fingerprint density at radius 1 is 0.969 bits per heavy atom. The van der Waals surface area contributed by atoms with Crippen molar-refractivity contribution in [2.24, 2.45) is 0 Å². The van der Waals surface area contributed by atoms with Gasteiger partial charge < -0.3 is 26.0 Å². The van der Waals surface area contributed by atoms with Gasteiger partial charge in [0.1, 0.15) is 6.04 Å². The highest BCUT2D eigenvalue weighted by Crippen LogP contribution is 2.07. The average molecular weight is 436 g/mol. The van der Waals surface area contributed by atoms with E-state index in [1.807, 2.05) is 48.7 Å². The van der Waals surface area contributed by atoms with Gasteiger partial charge >= 0.3 is 5.97 Å². The summed E-state index contributed by atoms with van der Waals surface area (Å²) in [5, 5.41) is 18.6. The molecular weight excluding hydrogens is 406 g/mol. The lowest BCUT2D eigenvalue weighted by Crippen LogP contribution is -2.41. The molecule has 8 nitrogen and oxygen atoms in total. The number of carboxylic acids is 1. The molecule has 0 aliphatic heterocycles. The first-order chi connectivity index (χ1) is 15.6. The van der Waals surface area contributed by atoms with Crippen molar-refractivity contribution in [2.45, 2.75) is 38.5 Å². The van der Waals surface area contributed by atoms with Crippen LogP contribution in [0.25, 0.3) is 0 Å². The van der Waals surface area contributed by atoms with Gasteiger partial charge in [-0.1, -0.05) is 18.2 Å². The lowest BCUT2D eigenvalue weighted by atomic mass is 10.1. The molecule has 0 aliphatic carbocycles. The molecule has 3 aromatic rings. The number of hydrogen-bond acceptors (Lipinski definition) is 5. The lowest BCUT2D eigenvalue weighted by molar-refractivity contribution is -0.139. The van der Waals surface area contributed by atoms with E-state index in [0.29, 0.717) is 44.6 Å². The van der Waals surface area contributed by atoms with Gasteiger partial charge in [-0.25, -0.2) is 4.79 Å². The third kappa shape index (κ3) is 7.64. The summed E-state index contributed by atoms with van der Waals surface area (Å²) in [7, 11) is 0. The van der Waals surface area contributed by atoms with Gasteiger partial charge in [-0.05, 0) is 61.3 Å². The number of pyridine rings is 1. The fourth-order valence-corrected chi connectivity index (χ4v) is 3.24. The molecule has 0 aliphatic rings. The van der Waals surface area contributed by atoms with Gasteiger partial charge in [-0.15, -0.1) is 0 Å². The van der Waals surface area contributed by atoms with E-state index in [-0.39, 0.29) is 5.91 Å². The molecule has 5 N–H and O–H groups in total. The Hall–Kier alpha value is -3.49. The highest BCUT2D eigenvalue weighted by molar-refractivity contribution is 5.96. The van der Waals surface area contributed by atoms with E-state index >= 15 is 0 Å². The number of H-pyrrole nitrogens is 1. The van der Waals surface area contributed by atoms with Gasteiger partial charge in [0.15, 0.2) is 0 Å². The van der Waals surface area contributed by atoms with Crippen molar-refractivity contribution in [2.75, 3.05) is 6.54 Å². The highest BCUT2D eigenvalue weighted by atomic mass is 16.4. The number of aromatic nitrogens is 2. The number of carbonyl (C=O) groups is 2. The molecule has 3 rings (SSSR count). The molecule has 2 heterocycles. The van der Waals surface area contributed by atoms with Crippen LogP contribution in [0, 0.1) is 0 Å². The Labute approximate surface area is 187 Å². The maximum Gasteiger partial charge on any atom is 0.326 e. The van der Waals surface area contributed by atoms with Crippen LogP contribution in [0.1, 0.15) is 40.2 Å². The Balaban J connectivity index is 1.40. The molecule has 8 heteroatoms. The Morgan fingerprint density at radius 2 is 1.81 bits per heavy atom. The summed E-state index contributed by atoms with van der Waals surface area (Å²) in [6.07, 6.45) is 4.61.